The highest BCUT2D eigenvalue weighted by atomic mass is 32.2. The van der Waals surface area contributed by atoms with Crippen molar-refractivity contribution in [2.45, 2.75) is 24.8 Å². The standard InChI is InChI=1S/C19H27N5O5S/c1-14-21-18(13-23(14)2)30(26,27)24-8-6-15(7-9-24)19(25)22-16-4-5-17(20-12-16)29-11-10-28-3/h4-5,12-13,15H,6-11H2,1-3H3,(H,22,25). The SMILES string of the molecule is COCCOc1ccc(NC(=O)C2CCN(S(=O)(=O)c3cn(C)c(C)n3)CC2)cn1. The van der Waals surface area contributed by atoms with E-state index in [2.05, 4.69) is 15.3 Å². The number of rotatable bonds is 8. The van der Waals surface area contributed by atoms with E-state index >= 15 is 0 Å². The molecule has 1 aliphatic heterocycles. The zero-order valence-corrected chi connectivity index (χ0v) is 18.2. The van der Waals surface area contributed by atoms with Gasteiger partial charge in [-0.05, 0) is 25.8 Å². The number of sulfonamides is 1. The number of imidazole rings is 1. The van der Waals surface area contributed by atoms with Crippen LogP contribution < -0.4 is 10.1 Å². The minimum absolute atomic E-state index is 0.0456. The van der Waals surface area contributed by atoms with Crippen molar-refractivity contribution >= 4 is 21.6 Å². The maximum atomic E-state index is 12.8. The molecule has 0 radical (unpaired) electrons. The van der Waals surface area contributed by atoms with Crippen molar-refractivity contribution in [3.63, 3.8) is 0 Å². The highest BCUT2D eigenvalue weighted by Gasteiger charge is 2.33. The molecule has 0 aliphatic carbocycles. The molecule has 0 unspecified atom stereocenters. The van der Waals surface area contributed by atoms with Gasteiger partial charge < -0.3 is 19.4 Å². The quantitative estimate of drug-likeness (QED) is 0.617. The molecule has 3 rings (SSSR count). The van der Waals surface area contributed by atoms with Crippen LogP contribution in [0.2, 0.25) is 0 Å². The Morgan fingerprint density at radius 1 is 1.27 bits per heavy atom. The van der Waals surface area contributed by atoms with Crippen LogP contribution in [0.15, 0.2) is 29.6 Å². The molecule has 0 atom stereocenters. The molecule has 3 heterocycles. The molecule has 0 aromatic carbocycles. The normalized spacial score (nSPS) is 15.8. The third-order valence-electron chi connectivity index (χ3n) is 5.06. The lowest BCUT2D eigenvalue weighted by molar-refractivity contribution is -0.120. The van der Waals surface area contributed by atoms with Gasteiger partial charge in [0.15, 0.2) is 5.03 Å². The zero-order valence-electron chi connectivity index (χ0n) is 17.4. The maximum absolute atomic E-state index is 12.8. The smallest absolute Gasteiger partial charge is 0.262 e. The number of aromatic nitrogens is 3. The van der Waals surface area contributed by atoms with Crippen LogP contribution in [0, 0.1) is 12.8 Å². The van der Waals surface area contributed by atoms with Crippen LogP contribution in [-0.4, -0.2) is 66.6 Å². The van der Waals surface area contributed by atoms with Crippen LogP contribution in [0.5, 0.6) is 5.88 Å². The van der Waals surface area contributed by atoms with E-state index in [1.807, 2.05) is 0 Å². The predicted molar refractivity (Wildman–Crippen MR) is 110 cm³/mol. The molecule has 0 bridgehead atoms. The number of carbonyl (C=O) groups excluding carboxylic acids is 1. The van der Waals surface area contributed by atoms with Gasteiger partial charge in [-0.3, -0.25) is 4.79 Å². The number of methoxy groups -OCH3 is 1. The average Bonchev–Trinajstić information content (AvgIpc) is 3.09. The van der Waals surface area contributed by atoms with Crippen LogP contribution >= 0.6 is 0 Å². The first-order valence-corrected chi connectivity index (χ1v) is 11.1. The van der Waals surface area contributed by atoms with Gasteiger partial charge in [-0.2, -0.15) is 4.31 Å². The first-order valence-electron chi connectivity index (χ1n) is 9.70. The van der Waals surface area contributed by atoms with Crippen molar-refractivity contribution in [1.82, 2.24) is 18.8 Å². The Morgan fingerprint density at radius 3 is 2.57 bits per heavy atom. The fourth-order valence-electron chi connectivity index (χ4n) is 3.15. The second kappa shape index (κ2) is 9.54. The Kier molecular flexibility index (Phi) is 7.06. The molecule has 2 aromatic heterocycles. The molecule has 1 fully saturated rings. The van der Waals surface area contributed by atoms with Gasteiger partial charge in [0.2, 0.25) is 11.8 Å². The summed E-state index contributed by atoms with van der Waals surface area (Å²) in [7, 11) is -0.302. The fourth-order valence-corrected chi connectivity index (χ4v) is 4.65. The number of hydrogen-bond acceptors (Lipinski definition) is 7. The summed E-state index contributed by atoms with van der Waals surface area (Å²) in [5.74, 6) is 0.676. The number of hydrogen-bond donors (Lipinski definition) is 1. The molecule has 1 aliphatic rings. The molecule has 0 saturated carbocycles. The third kappa shape index (κ3) is 5.15. The first kappa shape index (κ1) is 22.2. The number of amides is 1. The van der Waals surface area contributed by atoms with Gasteiger partial charge in [-0.1, -0.05) is 0 Å². The van der Waals surface area contributed by atoms with Crippen LogP contribution in [0.25, 0.3) is 0 Å². The topological polar surface area (TPSA) is 116 Å². The van der Waals surface area contributed by atoms with Gasteiger partial charge in [-0.15, -0.1) is 0 Å². The minimum atomic E-state index is -3.65. The highest BCUT2D eigenvalue weighted by Crippen LogP contribution is 2.24. The molecule has 30 heavy (non-hydrogen) atoms. The molecule has 0 spiro atoms. The number of pyridine rings is 1. The van der Waals surface area contributed by atoms with Crippen LogP contribution in [0.1, 0.15) is 18.7 Å². The van der Waals surface area contributed by atoms with Crippen molar-refractivity contribution < 1.29 is 22.7 Å². The fraction of sp³-hybridized carbons (Fsp3) is 0.526. The molecular weight excluding hydrogens is 410 g/mol. The molecule has 1 N–H and O–H groups in total. The van der Waals surface area contributed by atoms with Crippen molar-refractivity contribution in [1.29, 1.82) is 0 Å². The highest BCUT2D eigenvalue weighted by molar-refractivity contribution is 7.89. The number of carbonyl (C=O) groups is 1. The summed E-state index contributed by atoms with van der Waals surface area (Å²) in [4.78, 5) is 20.8. The van der Waals surface area contributed by atoms with Crippen LogP contribution in [0.4, 0.5) is 5.69 Å². The number of ether oxygens (including phenoxy) is 2. The summed E-state index contributed by atoms with van der Waals surface area (Å²) in [6, 6.07) is 3.39. The molecule has 11 heteroatoms. The second-order valence-electron chi connectivity index (χ2n) is 7.13. The first-order chi connectivity index (χ1) is 14.3. The van der Waals surface area contributed by atoms with Crippen molar-refractivity contribution in [2.24, 2.45) is 13.0 Å². The Morgan fingerprint density at radius 2 is 2.00 bits per heavy atom. The number of aryl methyl sites for hydroxylation is 2. The van der Waals surface area contributed by atoms with Gasteiger partial charge >= 0.3 is 0 Å². The lowest BCUT2D eigenvalue weighted by Gasteiger charge is -2.29. The lowest BCUT2D eigenvalue weighted by Crippen LogP contribution is -2.41. The Hall–Kier alpha value is -2.50. The van der Waals surface area contributed by atoms with E-state index in [-0.39, 0.29) is 29.9 Å². The van der Waals surface area contributed by atoms with Crippen molar-refractivity contribution in [3.8, 4) is 5.88 Å². The Balaban J connectivity index is 1.52. The third-order valence-corrected chi connectivity index (χ3v) is 6.83. The zero-order chi connectivity index (χ0) is 21.7. The van der Waals surface area contributed by atoms with E-state index in [4.69, 9.17) is 9.47 Å². The van der Waals surface area contributed by atoms with Gasteiger partial charge in [0.1, 0.15) is 12.4 Å². The number of piperidine rings is 1. The van der Waals surface area contributed by atoms with Gasteiger partial charge in [0, 0.05) is 45.4 Å². The van der Waals surface area contributed by atoms with Crippen LogP contribution in [-0.2, 0) is 26.6 Å². The Labute approximate surface area is 176 Å². The van der Waals surface area contributed by atoms with Crippen LogP contribution in [0.3, 0.4) is 0 Å². The molecule has 1 amide bonds. The number of nitrogens with zero attached hydrogens (tertiary/aromatic N) is 4. The van der Waals surface area contributed by atoms with E-state index < -0.39 is 10.0 Å². The molecule has 1 saturated heterocycles. The predicted octanol–water partition coefficient (Wildman–Crippen LogP) is 1.19. The summed E-state index contributed by atoms with van der Waals surface area (Å²) >= 11 is 0. The molecule has 164 valence electrons. The van der Waals surface area contributed by atoms with Crippen molar-refractivity contribution in [2.75, 3.05) is 38.7 Å². The minimum Gasteiger partial charge on any atom is -0.475 e. The van der Waals surface area contributed by atoms with E-state index in [9.17, 15) is 13.2 Å². The second-order valence-corrected chi connectivity index (χ2v) is 9.02. The van der Waals surface area contributed by atoms with E-state index in [1.54, 1.807) is 37.8 Å². The van der Waals surface area contributed by atoms with E-state index in [0.717, 1.165) is 0 Å². The summed E-state index contributed by atoms with van der Waals surface area (Å²) in [5, 5.41) is 2.88. The summed E-state index contributed by atoms with van der Waals surface area (Å²) < 4.78 is 38.9. The van der Waals surface area contributed by atoms with Gasteiger partial charge in [0.25, 0.3) is 10.0 Å². The number of nitrogens with one attached hydrogen (secondary N) is 1. The number of anilines is 1. The van der Waals surface area contributed by atoms with Gasteiger partial charge in [-0.25, -0.2) is 18.4 Å². The molecule has 10 nitrogen and oxygen atoms in total. The van der Waals surface area contributed by atoms with Gasteiger partial charge in [0.05, 0.1) is 18.5 Å². The lowest BCUT2D eigenvalue weighted by atomic mass is 9.97. The average molecular weight is 438 g/mol. The molecule has 2 aromatic rings. The van der Waals surface area contributed by atoms with E-state index in [0.29, 0.717) is 43.4 Å². The Bertz CT molecular complexity index is 946. The summed E-state index contributed by atoms with van der Waals surface area (Å²) in [6.07, 6.45) is 3.94. The summed E-state index contributed by atoms with van der Waals surface area (Å²) in [5.41, 5.74) is 0.568. The maximum Gasteiger partial charge on any atom is 0.262 e. The van der Waals surface area contributed by atoms with E-state index in [1.165, 1.54) is 16.7 Å². The monoisotopic (exact) mass is 437 g/mol. The largest absolute Gasteiger partial charge is 0.475 e. The van der Waals surface area contributed by atoms with Crippen molar-refractivity contribution in [3.05, 3.63) is 30.4 Å². The summed E-state index contributed by atoms with van der Waals surface area (Å²) in [6.45, 7) is 3.17. The molecular formula is C19H27N5O5S.